The molecule has 8 heteroatoms. The van der Waals surface area contributed by atoms with Crippen molar-refractivity contribution in [3.05, 3.63) is 100 Å². The van der Waals surface area contributed by atoms with Crippen molar-refractivity contribution in [2.75, 3.05) is 38.2 Å². The zero-order chi connectivity index (χ0) is 27.9. The molecule has 1 aliphatic rings. The van der Waals surface area contributed by atoms with Gasteiger partial charge >= 0.3 is 0 Å². The molecular formula is C32H33ClN4O3. The van der Waals surface area contributed by atoms with Crippen molar-refractivity contribution in [3.8, 4) is 23.3 Å². The van der Waals surface area contributed by atoms with Crippen LogP contribution in [0, 0.1) is 11.3 Å². The molecule has 0 amide bonds. The van der Waals surface area contributed by atoms with E-state index in [4.69, 9.17) is 25.5 Å². The third-order valence-electron chi connectivity index (χ3n) is 7.12. The Bertz CT molecular complexity index is 1440. The molecule has 4 aromatic rings. The van der Waals surface area contributed by atoms with E-state index in [0.29, 0.717) is 54.8 Å². The summed E-state index contributed by atoms with van der Waals surface area (Å²) in [5, 5.41) is 13.8. The van der Waals surface area contributed by atoms with E-state index in [1.54, 1.807) is 0 Å². The number of halogens is 1. The van der Waals surface area contributed by atoms with Crippen molar-refractivity contribution in [3.63, 3.8) is 0 Å². The maximum Gasteiger partial charge on any atom is 0.232 e. The quantitative estimate of drug-likeness (QED) is 0.224. The van der Waals surface area contributed by atoms with E-state index in [0.717, 1.165) is 24.2 Å². The first-order chi connectivity index (χ1) is 19.5. The smallest absolute Gasteiger partial charge is 0.232 e. The van der Waals surface area contributed by atoms with Crippen molar-refractivity contribution in [2.24, 2.45) is 0 Å². The predicted molar refractivity (Wildman–Crippen MR) is 157 cm³/mol. The lowest BCUT2D eigenvalue weighted by molar-refractivity contribution is 0.0186. The fourth-order valence-electron chi connectivity index (χ4n) is 4.75. The molecule has 1 aliphatic heterocycles. The number of benzene rings is 3. The number of nitriles is 1. The van der Waals surface area contributed by atoms with E-state index >= 15 is 0 Å². The minimum absolute atomic E-state index is 0.0970. The molecule has 7 nitrogen and oxygen atoms in total. The minimum Gasteiger partial charge on any atom is -0.489 e. The second-order valence-electron chi connectivity index (χ2n) is 10.1. The third-order valence-corrected chi connectivity index (χ3v) is 7.49. The van der Waals surface area contributed by atoms with Gasteiger partial charge in [-0.3, -0.25) is 4.90 Å². The number of anilines is 1. The topological polar surface area (TPSA) is 83.6 Å². The van der Waals surface area contributed by atoms with E-state index in [1.807, 2.05) is 48.5 Å². The van der Waals surface area contributed by atoms with Gasteiger partial charge in [0.05, 0.1) is 19.3 Å². The Hall–Kier alpha value is -3.83. The van der Waals surface area contributed by atoms with E-state index in [-0.39, 0.29) is 11.7 Å². The van der Waals surface area contributed by atoms with Gasteiger partial charge < -0.3 is 19.2 Å². The van der Waals surface area contributed by atoms with Gasteiger partial charge in [0.2, 0.25) is 17.5 Å². The standard InChI is InChI=1S/C32H33ClN4O3/c1-22(2)23-7-9-24(10-8-23)30(37-15-17-38-18-16-37)20-35-32-29(19-34)36-31(40-32)25-11-13-27(14-12-25)39-21-26-5-3-4-6-28(26)33/h3-14,22,30,35H,15-18,20-21H2,1-2H3. The van der Waals surface area contributed by atoms with Gasteiger partial charge in [-0.2, -0.15) is 10.2 Å². The summed E-state index contributed by atoms with van der Waals surface area (Å²) in [5.74, 6) is 1.92. The summed E-state index contributed by atoms with van der Waals surface area (Å²) in [6.45, 7) is 8.42. The largest absolute Gasteiger partial charge is 0.489 e. The van der Waals surface area contributed by atoms with Gasteiger partial charge in [0.25, 0.3) is 0 Å². The predicted octanol–water partition coefficient (Wildman–Crippen LogP) is 7.05. The van der Waals surface area contributed by atoms with Crippen LogP contribution in [-0.4, -0.2) is 42.7 Å². The Balaban J connectivity index is 1.29. The Kier molecular flexibility index (Phi) is 9.02. The molecular weight excluding hydrogens is 524 g/mol. The van der Waals surface area contributed by atoms with Gasteiger partial charge in [-0.25, -0.2) is 0 Å². The highest BCUT2D eigenvalue weighted by molar-refractivity contribution is 6.31. The van der Waals surface area contributed by atoms with Gasteiger partial charge in [-0.05, 0) is 47.4 Å². The molecule has 3 aromatic carbocycles. The highest BCUT2D eigenvalue weighted by Crippen LogP contribution is 2.30. The molecule has 5 rings (SSSR count). The van der Waals surface area contributed by atoms with Crippen molar-refractivity contribution in [1.82, 2.24) is 9.88 Å². The van der Waals surface area contributed by atoms with E-state index in [1.165, 1.54) is 11.1 Å². The lowest BCUT2D eigenvalue weighted by Gasteiger charge is -2.35. The Morgan fingerprint density at radius 3 is 2.38 bits per heavy atom. The normalized spacial score (nSPS) is 14.6. The summed E-state index contributed by atoms with van der Waals surface area (Å²) in [6, 6.07) is 26.1. The average Bonchev–Trinajstić information content (AvgIpc) is 3.41. The first-order valence-corrected chi connectivity index (χ1v) is 13.9. The van der Waals surface area contributed by atoms with Crippen LogP contribution < -0.4 is 10.1 Å². The summed E-state index contributed by atoms with van der Waals surface area (Å²) in [4.78, 5) is 6.85. The van der Waals surface area contributed by atoms with Gasteiger partial charge in [-0.15, -0.1) is 0 Å². The SMILES string of the molecule is CC(C)c1ccc(C(CNc2oc(-c3ccc(OCc4ccccc4Cl)cc3)nc2C#N)N2CCOCC2)cc1. The van der Waals surface area contributed by atoms with E-state index < -0.39 is 0 Å². The van der Waals surface area contributed by atoms with Crippen LogP contribution in [0.25, 0.3) is 11.5 Å². The fourth-order valence-corrected chi connectivity index (χ4v) is 4.94. The molecule has 2 heterocycles. The molecule has 40 heavy (non-hydrogen) atoms. The molecule has 0 aliphatic carbocycles. The van der Waals surface area contributed by atoms with Crippen molar-refractivity contribution < 1.29 is 13.9 Å². The molecule has 0 spiro atoms. The summed E-state index contributed by atoms with van der Waals surface area (Å²) < 4.78 is 17.5. The highest BCUT2D eigenvalue weighted by atomic mass is 35.5. The summed E-state index contributed by atoms with van der Waals surface area (Å²) in [7, 11) is 0. The average molecular weight is 557 g/mol. The number of ether oxygens (including phenoxy) is 2. The third kappa shape index (κ3) is 6.65. The number of oxazole rings is 1. The first-order valence-electron chi connectivity index (χ1n) is 13.5. The molecule has 1 unspecified atom stereocenters. The maximum atomic E-state index is 9.77. The van der Waals surface area contributed by atoms with Gasteiger partial charge in [0.15, 0.2) is 0 Å². The van der Waals surface area contributed by atoms with E-state index in [9.17, 15) is 5.26 Å². The van der Waals surface area contributed by atoms with Crippen molar-refractivity contribution >= 4 is 17.5 Å². The first kappa shape index (κ1) is 27.7. The maximum absolute atomic E-state index is 9.77. The molecule has 0 radical (unpaired) electrons. The van der Waals surface area contributed by atoms with Crippen LogP contribution in [-0.2, 0) is 11.3 Å². The molecule has 1 N–H and O–H groups in total. The Morgan fingerprint density at radius 2 is 1.70 bits per heavy atom. The number of hydrogen-bond donors (Lipinski definition) is 1. The second-order valence-corrected chi connectivity index (χ2v) is 10.5. The van der Waals surface area contributed by atoms with Gasteiger partial charge in [0.1, 0.15) is 18.4 Å². The summed E-state index contributed by atoms with van der Waals surface area (Å²) in [5.41, 5.74) is 4.42. The number of hydrogen-bond acceptors (Lipinski definition) is 7. The number of nitrogens with one attached hydrogen (secondary N) is 1. The zero-order valence-electron chi connectivity index (χ0n) is 22.8. The van der Waals surface area contributed by atoms with Crippen molar-refractivity contribution in [1.29, 1.82) is 5.26 Å². The monoisotopic (exact) mass is 556 g/mol. The summed E-state index contributed by atoms with van der Waals surface area (Å²) >= 11 is 6.23. The Labute approximate surface area is 240 Å². The molecule has 1 saturated heterocycles. The Morgan fingerprint density at radius 1 is 1.00 bits per heavy atom. The molecule has 1 atom stereocenters. The lowest BCUT2D eigenvalue weighted by atomic mass is 9.98. The van der Waals surface area contributed by atoms with Crippen LogP contribution >= 0.6 is 11.6 Å². The van der Waals surface area contributed by atoms with E-state index in [2.05, 4.69) is 59.4 Å². The molecule has 206 valence electrons. The lowest BCUT2D eigenvalue weighted by Crippen LogP contribution is -2.41. The van der Waals surface area contributed by atoms with Crippen LogP contribution in [0.3, 0.4) is 0 Å². The zero-order valence-corrected chi connectivity index (χ0v) is 23.5. The molecule has 1 fully saturated rings. The van der Waals surface area contributed by atoms with Crippen LogP contribution in [0.15, 0.2) is 77.2 Å². The molecule has 0 saturated carbocycles. The van der Waals surface area contributed by atoms with Crippen LogP contribution in [0.4, 0.5) is 5.88 Å². The number of aromatic nitrogens is 1. The van der Waals surface area contributed by atoms with Gasteiger partial charge in [0, 0.05) is 35.8 Å². The minimum atomic E-state index is 0.0970. The number of morpholine rings is 1. The second kappa shape index (κ2) is 13.0. The number of rotatable bonds is 10. The van der Waals surface area contributed by atoms with Crippen LogP contribution in [0.1, 0.15) is 48.2 Å². The fraction of sp³-hybridized carbons (Fsp3) is 0.312. The molecule has 1 aromatic heterocycles. The number of nitrogens with zero attached hydrogens (tertiary/aromatic N) is 3. The van der Waals surface area contributed by atoms with Crippen LogP contribution in [0.2, 0.25) is 5.02 Å². The van der Waals surface area contributed by atoms with Crippen LogP contribution in [0.5, 0.6) is 5.75 Å². The van der Waals surface area contributed by atoms with Crippen molar-refractivity contribution in [2.45, 2.75) is 32.4 Å². The highest BCUT2D eigenvalue weighted by Gasteiger charge is 2.24. The van der Waals surface area contributed by atoms with Gasteiger partial charge in [-0.1, -0.05) is 67.9 Å². The summed E-state index contributed by atoms with van der Waals surface area (Å²) in [6.07, 6.45) is 0. The molecule has 0 bridgehead atoms.